The Morgan fingerprint density at radius 1 is 1.15 bits per heavy atom. The molecule has 0 atom stereocenters. The van der Waals surface area contributed by atoms with Gasteiger partial charge >= 0.3 is 0 Å². The summed E-state index contributed by atoms with van der Waals surface area (Å²) in [7, 11) is 3.94. The molecule has 110 valence electrons. The van der Waals surface area contributed by atoms with E-state index in [1.807, 2.05) is 25.9 Å². The van der Waals surface area contributed by atoms with E-state index in [-0.39, 0.29) is 11.6 Å². The van der Waals surface area contributed by atoms with Crippen molar-refractivity contribution < 1.29 is 9.18 Å². The van der Waals surface area contributed by atoms with E-state index in [2.05, 4.69) is 0 Å². The molecule has 0 aromatic heterocycles. The Morgan fingerprint density at radius 3 is 2.30 bits per heavy atom. The average molecular weight is 277 g/mol. The van der Waals surface area contributed by atoms with Crippen LogP contribution in [0.5, 0.6) is 0 Å². The highest BCUT2D eigenvalue weighted by molar-refractivity contribution is 6.04. The van der Waals surface area contributed by atoms with Crippen molar-refractivity contribution in [3.63, 3.8) is 0 Å². The van der Waals surface area contributed by atoms with Crippen molar-refractivity contribution in [1.29, 1.82) is 0 Å². The van der Waals surface area contributed by atoms with Crippen LogP contribution < -0.4 is 0 Å². The molecule has 0 aliphatic heterocycles. The Hall–Kier alpha value is -1.22. The van der Waals surface area contributed by atoms with E-state index in [0.717, 1.165) is 31.2 Å². The summed E-state index contributed by atoms with van der Waals surface area (Å²) in [4.78, 5) is 15.1. The predicted octanol–water partition coefficient (Wildman–Crippen LogP) is 3.97. The zero-order valence-electron chi connectivity index (χ0n) is 12.7. The smallest absolute Gasteiger partial charge is 0.183 e. The van der Waals surface area contributed by atoms with Crippen molar-refractivity contribution >= 4 is 5.78 Å². The van der Waals surface area contributed by atoms with E-state index in [9.17, 15) is 9.18 Å². The highest BCUT2D eigenvalue weighted by Gasteiger charge is 2.41. The Kier molecular flexibility index (Phi) is 4.59. The van der Waals surface area contributed by atoms with E-state index in [1.165, 1.54) is 25.0 Å². The summed E-state index contributed by atoms with van der Waals surface area (Å²) in [6.45, 7) is 1.88. The molecule has 1 fully saturated rings. The molecule has 0 heterocycles. The number of benzene rings is 1. The third-order valence-corrected chi connectivity index (χ3v) is 4.65. The molecule has 0 radical (unpaired) electrons. The molecule has 0 N–H and O–H groups in total. The highest BCUT2D eigenvalue weighted by atomic mass is 19.1. The molecule has 1 aliphatic carbocycles. The first kappa shape index (κ1) is 15.2. The van der Waals surface area contributed by atoms with Gasteiger partial charge in [-0.3, -0.25) is 9.69 Å². The van der Waals surface area contributed by atoms with Crippen LogP contribution in [0.2, 0.25) is 0 Å². The van der Waals surface area contributed by atoms with Crippen molar-refractivity contribution in [3.05, 3.63) is 35.1 Å². The molecule has 1 aliphatic rings. The summed E-state index contributed by atoms with van der Waals surface area (Å²) in [5.41, 5.74) is 0.942. The molecular formula is C17H24FNO. The van der Waals surface area contributed by atoms with Gasteiger partial charge in [-0.25, -0.2) is 4.39 Å². The summed E-state index contributed by atoms with van der Waals surface area (Å²) in [6, 6.07) is 4.51. The van der Waals surface area contributed by atoms with Crippen molar-refractivity contribution in [1.82, 2.24) is 4.90 Å². The molecule has 3 heteroatoms. The minimum absolute atomic E-state index is 0.0846. The maximum Gasteiger partial charge on any atom is 0.183 e. The lowest BCUT2D eigenvalue weighted by Gasteiger charge is -2.38. The molecule has 0 amide bonds. The van der Waals surface area contributed by atoms with Gasteiger partial charge in [0, 0.05) is 5.56 Å². The third-order valence-electron chi connectivity index (χ3n) is 4.65. The summed E-state index contributed by atoms with van der Waals surface area (Å²) in [5, 5.41) is 0. The fourth-order valence-electron chi connectivity index (χ4n) is 3.28. The number of Topliss-reactive ketones (excluding diaryl/α,β-unsaturated/α-hetero) is 1. The van der Waals surface area contributed by atoms with E-state index in [0.29, 0.717) is 5.56 Å². The topological polar surface area (TPSA) is 20.3 Å². The molecule has 1 aromatic carbocycles. The van der Waals surface area contributed by atoms with E-state index < -0.39 is 5.54 Å². The molecule has 20 heavy (non-hydrogen) atoms. The van der Waals surface area contributed by atoms with Gasteiger partial charge in [-0.15, -0.1) is 0 Å². The van der Waals surface area contributed by atoms with Crippen molar-refractivity contribution in [2.24, 2.45) is 0 Å². The molecular weight excluding hydrogens is 253 g/mol. The number of hydrogen-bond donors (Lipinski definition) is 0. The second kappa shape index (κ2) is 6.04. The molecule has 2 rings (SSSR count). The lowest BCUT2D eigenvalue weighted by atomic mass is 9.80. The number of aryl methyl sites for hydroxylation is 1. The van der Waals surface area contributed by atoms with Gasteiger partial charge in [-0.05, 0) is 51.6 Å². The summed E-state index contributed by atoms with van der Waals surface area (Å²) in [5.74, 6) is -0.247. The first-order valence-corrected chi connectivity index (χ1v) is 7.46. The minimum Gasteiger partial charge on any atom is -0.297 e. The van der Waals surface area contributed by atoms with Crippen LogP contribution in [0.15, 0.2) is 18.2 Å². The second-order valence-electron chi connectivity index (χ2n) is 6.13. The monoisotopic (exact) mass is 277 g/mol. The predicted molar refractivity (Wildman–Crippen MR) is 79.6 cm³/mol. The van der Waals surface area contributed by atoms with Gasteiger partial charge in [0.05, 0.1) is 5.54 Å². The second-order valence-corrected chi connectivity index (χ2v) is 6.13. The maximum absolute atomic E-state index is 13.5. The molecule has 1 aromatic rings. The number of hydrogen-bond acceptors (Lipinski definition) is 2. The van der Waals surface area contributed by atoms with Gasteiger partial charge in [0.1, 0.15) is 5.82 Å². The molecule has 0 bridgehead atoms. The lowest BCUT2D eigenvalue weighted by Crippen LogP contribution is -2.51. The molecule has 2 nitrogen and oxygen atoms in total. The number of nitrogens with zero attached hydrogens (tertiary/aromatic N) is 1. The summed E-state index contributed by atoms with van der Waals surface area (Å²) >= 11 is 0. The number of carbonyl (C=O) groups is 1. The summed E-state index contributed by atoms with van der Waals surface area (Å²) < 4.78 is 13.5. The molecule has 0 spiro atoms. The largest absolute Gasteiger partial charge is 0.297 e. The fraction of sp³-hybridized carbons (Fsp3) is 0.588. The Balaban J connectivity index is 2.43. The number of likely N-dealkylation sites (N-methyl/N-ethyl adjacent to an activating group) is 1. The molecule has 0 unspecified atom stereocenters. The van der Waals surface area contributed by atoms with Crippen LogP contribution in [0.3, 0.4) is 0 Å². The van der Waals surface area contributed by atoms with Gasteiger partial charge in [-0.2, -0.15) is 0 Å². The highest BCUT2D eigenvalue weighted by Crippen LogP contribution is 2.35. The van der Waals surface area contributed by atoms with Crippen LogP contribution in [0.4, 0.5) is 4.39 Å². The van der Waals surface area contributed by atoms with Crippen molar-refractivity contribution in [2.45, 2.75) is 51.0 Å². The SMILES string of the molecule is Cc1ccc(F)cc1C(=O)C1(N(C)C)CCCCCC1. The molecule has 0 saturated heterocycles. The van der Waals surface area contributed by atoms with Crippen LogP contribution >= 0.6 is 0 Å². The van der Waals surface area contributed by atoms with Crippen LogP contribution in [-0.2, 0) is 0 Å². The van der Waals surface area contributed by atoms with Gasteiger partial charge < -0.3 is 0 Å². The van der Waals surface area contributed by atoms with Gasteiger partial charge in [0.2, 0.25) is 0 Å². The maximum atomic E-state index is 13.5. The van der Waals surface area contributed by atoms with Gasteiger partial charge in [0.25, 0.3) is 0 Å². The number of carbonyl (C=O) groups excluding carboxylic acids is 1. The van der Waals surface area contributed by atoms with Crippen LogP contribution in [0, 0.1) is 12.7 Å². The van der Waals surface area contributed by atoms with Crippen LogP contribution in [0.25, 0.3) is 0 Å². The van der Waals surface area contributed by atoms with Crippen molar-refractivity contribution in [3.8, 4) is 0 Å². The Labute approximate surface area is 121 Å². The quantitative estimate of drug-likeness (QED) is 0.615. The van der Waals surface area contributed by atoms with Crippen LogP contribution in [-0.4, -0.2) is 30.3 Å². The van der Waals surface area contributed by atoms with E-state index in [1.54, 1.807) is 6.07 Å². The van der Waals surface area contributed by atoms with Crippen molar-refractivity contribution in [2.75, 3.05) is 14.1 Å². The standard InChI is InChI=1S/C17H24FNO/c1-13-8-9-14(18)12-15(13)16(20)17(19(2)3)10-6-4-5-7-11-17/h8-9,12H,4-7,10-11H2,1-3H3. The summed E-state index contributed by atoms with van der Waals surface area (Å²) in [6.07, 6.45) is 6.25. The lowest BCUT2D eigenvalue weighted by molar-refractivity contribution is 0.0634. The number of rotatable bonds is 3. The van der Waals surface area contributed by atoms with Gasteiger partial charge in [-0.1, -0.05) is 31.7 Å². The first-order chi connectivity index (χ1) is 9.47. The fourth-order valence-corrected chi connectivity index (χ4v) is 3.28. The van der Waals surface area contributed by atoms with E-state index in [4.69, 9.17) is 0 Å². The Morgan fingerprint density at radius 2 is 1.75 bits per heavy atom. The zero-order valence-corrected chi connectivity index (χ0v) is 12.7. The average Bonchev–Trinajstić information content (AvgIpc) is 2.67. The normalized spacial score (nSPS) is 18.9. The minimum atomic E-state index is -0.463. The Bertz CT molecular complexity index is 488. The number of halogens is 1. The van der Waals surface area contributed by atoms with Gasteiger partial charge in [0.15, 0.2) is 5.78 Å². The van der Waals surface area contributed by atoms with E-state index >= 15 is 0 Å². The first-order valence-electron chi connectivity index (χ1n) is 7.46. The number of ketones is 1. The molecule has 1 saturated carbocycles. The van der Waals surface area contributed by atoms with Crippen LogP contribution in [0.1, 0.15) is 54.4 Å². The third kappa shape index (κ3) is 2.78. The zero-order chi connectivity index (χ0) is 14.8.